The lowest BCUT2D eigenvalue weighted by molar-refractivity contribution is -0.129. The van der Waals surface area contributed by atoms with Crippen LogP contribution in [0.3, 0.4) is 0 Å². The van der Waals surface area contributed by atoms with E-state index in [4.69, 9.17) is 0 Å². The Morgan fingerprint density at radius 1 is 1.05 bits per heavy atom. The fourth-order valence-corrected chi connectivity index (χ4v) is 1.89. The largest absolute Gasteiger partial charge is 0.341 e. The second-order valence-corrected chi connectivity index (χ2v) is 4.64. The Hall–Kier alpha value is -2.23. The Morgan fingerprint density at radius 2 is 1.70 bits per heavy atom. The highest BCUT2D eigenvalue weighted by Gasteiger charge is 2.12. The minimum atomic E-state index is -0.379. The lowest BCUT2D eigenvalue weighted by Crippen LogP contribution is -2.28. The van der Waals surface area contributed by atoms with Gasteiger partial charge in [-0.3, -0.25) is 4.79 Å². The van der Waals surface area contributed by atoms with Crippen LogP contribution in [0.2, 0.25) is 0 Å². The average Bonchev–Trinajstić information content (AvgIpc) is 2.44. The van der Waals surface area contributed by atoms with E-state index in [9.17, 15) is 13.6 Å². The average molecular weight is 275 g/mol. The Balaban J connectivity index is 1.99. The summed E-state index contributed by atoms with van der Waals surface area (Å²) in [5.41, 5.74) is 1.21. The lowest BCUT2D eigenvalue weighted by atomic mass is 10.1. The summed E-state index contributed by atoms with van der Waals surface area (Å²) in [4.78, 5) is 13.5. The monoisotopic (exact) mass is 275 g/mol. The van der Waals surface area contributed by atoms with Gasteiger partial charge in [-0.1, -0.05) is 30.3 Å². The maximum atomic E-state index is 13.5. The molecule has 1 amide bonds. The van der Waals surface area contributed by atoms with Crippen molar-refractivity contribution in [1.82, 2.24) is 4.90 Å². The van der Waals surface area contributed by atoms with Crippen molar-refractivity contribution in [3.05, 3.63) is 71.3 Å². The van der Waals surface area contributed by atoms with Crippen molar-refractivity contribution >= 4 is 5.91 Å². The third kappa shape index (κ3) is 3.63. The van der Waals surface area contributed by atoms with Crippen molar-refractivity contribution in [2.75, 3.05) is 7.05 Å². The van der Waals surface area contributed by atoms with Gasteiger partial charge in [0.15, 0.2) is 0 Å². The number of benzene rings is 2. The number of nitrogens with zero attached hydrogens (tertiary/aromatic N) is 1. The zero-order valence-electron chi connectivity index (χ0n) is 11.1. The van der Waals surface area contributed by atoms with Crippen LogP contribution >= 0.6 is 0 Å². The van der Waals surface area contributed by atoms with Crippen LogP contribution in [-0.2, 0) is 17.8 Å². The molecule has 0 unspecified atom stereocenters. The molecule has 0 heterocycles. The minimum Gasteiger partial charge on any atom is -0.341 e. The van der Waals surface area contributed by atoms with E-state index in [1.54, 1.807) is 37.4 Å². The zero-order valence-corrected chi connectivity index (χ0v) is 11.1. The zero-order chi connectivity index (χ0) is 14.5. The summed E-state index contributed by atoms with van der Waals surface area (Å²) in [6, 6.07) is 12.2. The molecule has 0 saturated heterocycles. The number of carbonyl (C=O) groups excluding carboxylic acids is 1. The van der Waals surface area contributed by atoms with Gasteiger partial charge in [0, 0.05) is 13.6 Å². The van der Waals surface area contributed by atoms with Crippen molar-refractivity contribution in [1.29, 1.82) is 0 Å². The van der Waals surface area contributed by atoms with Crippen LogP contribution in [0.1, 0.15) is 11.1 Å². The number of rotatable bonds is 4. The molecule has 0 spiro atoms. The molecule has 0 aliphatic carbocycles. The number of hydrogen-bond donors (Lipinski definition) is 0. The fourth-order valence-electron chi connectivity index (χ4n) is 1.89. The Bertz CT molecular complexity index is 596. The second-order valence-electron chi connectivity index (χ2n) is 4.64. The maximum Gasteiger partial charge on any atom is 0.227 e. The molecule has 0 radical (unpaired) electrons. The first-order valence-electron chi connectivity index (χ1n) is 6.28. The molecule has 2 rings (SSSR count). The highest BCUT2D eigenvalue weighted by Crippen LogP contribution is 2.10. The molecular weight excluding hydrogens is 260 g/mol. The third-order valence-corrected chi connectivity index (χ3v) is 3.06. The number of likely N-dealkylation sites (N-methyl/N-ethyl adjacent to an activating group) is 1. The van der Waals surface area contributed by atoms with E-state index in [1.165, 1.54) is 23.1 Å². The Morgan fingerprint density at radius 3 is 2.35 bits per heavy atom. The molecule has 0 bridgehead atoms. The van der Waals surface area contributed by atoms with Crippen LogP contribution in [-0.4, -0.2) is 17.9 Å². The molecule has 0 aliphatic heterocycles. The van der Waals surface area contributed by atoms with E-state index in [-0.39, 0.29) is 24.0 Å². The highest BCUT2D eigenvalue weighted by atomic mass is 19.1. The van der Waals surface area contributed by atoms with Crippen LogP contribution in [0.5, 0.6) is 0 Å². The van der Waals surface area contributed by atoms with Gasteiger partial charge in [-0.2, -0.15) is 0 Å². The predicted octanol–water partition coefficient (Wildman–Crippen LogP) is 3.17. The van der Waals surface area contributed by atoms with E-state index in [0.717, 1.165) is 5.56 Å². The van der Waals surface area contributed by atoms with Gasteiger partial charge in [0.25, 0.3) is 0 Å². The minimum absolute atomic E-state index is 0.0182. The molecule has 0 atom stereocenters. The molecule has 2 nitrogen and oxygen atoms in total. The van der Waals surface area contributed by atoms with Crippen molar-refractivity contribution in [3.8, 4) is 0 Å². The number of carbonyl (C=O) groups is 1. The number of amides is 1. The van der Waals surface area contributed by atoms with Gasteiger partial charge >= 0.3 is 0 Å². The first kappa shape index (κ1) is 14.2. The van der Waals surface area contributed by atoms with Crippen molar-refractivity contribution in [2.24, 2.45) is 0 Å². The van der Waals surface area contributed by atoms with Gasteiger partial charge in [-0.15, -0.1) is 0 Å². The first-order valence-corrected chi connectivity index (χ1v) is 6.28. The fraction of sp³-hybridized carbons (Fsp3) is 0.188. The van der Waals surface area contributed by atoms with Crippen molar-refractivity contribution < 1.29 is 13.6 Å². The SMILES string of the molecule is CN(Cc1ccc(F)cc1)C(=O)Cc1ccccc1F. The Kier molecular flexibility index (Phi) is 4.45. The summed E-state index contributed by atoms with van der Waals surface area (Å²) in [7, 11) is 1.65. The van der Waals surface area contributed by atoms with Gasteiger partial charge in [-0.25, -0.2) is 8.78 Å². The lowest BCUT2D eigenvalue weighted by Gasteiger charge is -2.17. The molecule has 2 aromatic rings. The number of halogens is 2. The smallest absolute Gasteiger partial charge is 0.227 e. The van der Waals surface area contributed by atoms with E-state index in [2.05, 4.69) is 0 Å². The molecule has 0 saturated carbocycles. The van der Waals surface area contributed by atoms with Crippen LogP contribution < -0.4 is 0 Å². The molecule has 4 heteroatoms. The standard InChI is InChI=1S/C16H15F2NO/c1-19(11-12-6-8-14(17)9-7-12)16(20)10-13-4-2-3-5-15(13)18/h2-9H,10-11H2,1H3. The molecule has 0 aromatic heterocycles. The van der Waals surface area contributed by atoms with Gasteiger partial charge in [0.2, 0.25) is 5.91 Å². The Labute approximate surface area is 116 Å². The normalized spacial score (nSPS) is 10.3. The highest BCUT2D eigenvalue weighted by molar-refractivity contribution is 5.78. The van der Waals surface area contributed by atoms with Gasteiger partial charge in [-0.05, 0) is 29.3 Å². The van der Waals surface area contributed by atoms with E-state index in [0.29, 0.717) is 12.1 Å². The van der Waals surface area contributed by atoms with Crippen molar-refractivity contribution in [3.63, 3.8) is 0 Å². The van der Waals surface area contributed by atoms with E-state index in [1.807, 2.05) is 0 Å². The molecule has 0 aliphatic rings. The molecule has 0 N–H and O–H groups in total. The number of hydrogen-bond acceptors (Lipinski definition) is 1. The van der Waals surface area contributed by atoms with Gasteiger partial charge in [0.1, 0.15) is 11.6 Å². The quantitative estimate of drug-likeness (QED) is 0.839. The van der Waals surface area contributed by atoms with Crippen LogP contribution in [0, 0.1) is 11.6 Å². The van der Waals surface area contributed by atoms with Crippen LogP contribution in [0.15, 0.2) is 48.5 Å². The molecule has 104 valence electrons. The van der Waals surface area contributed by atoms with Gasteiger partial charge in [0.05, 0.1) is 6.42 Å². The molecular formula is C16H15F2NO. The summed E-state index contributed by atoms with van der Waals surface area (Å²) >= 11 is 0. The first-order chi connectivity index (χ1) is 9.56. The summed E-state index contributed by atoms with van der Waals surface area (Å²) in [5, 5.41) is 0. The van der Waals surface area contributed by atoms with Crippen LogP contribution in [0.4, 0.5) is 8.78 Å². The maximum absolute atomic E-state index is 13.5. The predicted molar refractivity (Wildman–Crippen MR) is 73.0 cm³/mol. The van der Waals surface area contributed by atoms with Crippen molar-refractivity contribution in [2.45, 2.75) is 13.0 Å². The summed E-state index contributed by atoms with van der Waals surface area (Å²) in [5.74, 6) is -0.871. The second kappa shape index (κ2) is 6.28. The summed E-state index contributed by atoms with van der Waals surface area (Å²) in [6.07, 6.45) is 0.0182. The summed E-state index contributed by atoms with van der Waals surface area (Å²) in [6.45, 7) is 0.369. The topological polar surface area (TPSA) is 20.3 Å². The molecule has 2 aromatic carbocycles. The van der Waals surface area contributed by atoms with Crippen LogP contribution in [0.25, 0.3) is 0 Å². The van der Waals surface area contributed by atoms with E-state index < -0.39 is 0 Å². The van der Waals surface area contributed by atoms with Gasteiger partial charge < -0.3 is 4.90 Å². The third-order valence-electron chi connectivity index (χ3n) is 3.06. The van der Waals surface area contributed by atoms with E-state index >= 15 is 0 Å². The molecule has 20 heavy (non-hydrogen) atoms. The molecule has 0 fully saturated rings. The summed E-state index contributed by atoms with van der Waals surface area (Å²) < 4.78 is 26.3.